The van der Waals surface area contributed by atoms with Crippen molar-refractivity contribution in [1.29, 1.82) is 0 Å². The van der Waals surface area contributed by atoms with Crippen molar-refractivity contribution in [2.24, 2.45) is 0 Å². The molecule has 3 rings (SSSR count). The third kappa shape index (κ3) is 5.37. The van der Waals surface area contributed by atoms with E-state index in [0.29, 0.717) is 46.7 Å². The average molecular weight is 436 g/mol. The Hall–Kier alpha value is -2.37. The third-order valence-corrected chi connectivity index (χ3v) is 5.16. The number of benzene rings is 2. The van der Waals surface area contributed by atoms with Gasteiger partial charge in [0.05, 0.1) is 25.8 Å². The molecule has 0 saturated carbocycles. The molecule has 0 fully saturated rings. The van der Waals surface area contributed by atoms with E-state index in [1.807, 2.05) is 12.1 Å². The molecule has 1 N–H and O–H groups in total. The van der Waals surface area contributed by atoms with Gasteiger partial charge < -0.3 is 19.5 Å². The number of hydrogen-bond donors (Lipinski definition) is 1. The van der Waals surface area contributed by atoms with Gasteiger partial charge in [0.1, 0.15) is 5.75 Å². The van der Waals surface area contributed by atoms with Crippen LogP contribution in [-0.4, -0.2) is 33.2 Å². The number of fused-ring (bicyclic) bond motifs is 1. The largest absolute Gasteiger partial charge is 0.493 e. The maximum Gasteiger partial charge on any atom is 0.161 e. The molecule has 5 nitrogen and oxygen atoms in total. The molecule has 0 amide bonds. The molecule has 0 saturated heterocycles. The molecule has 0 unspecified atom stereocenters. The second kappa shape index (κ2) is 9.90. The van der Waals surface area contributed by atoms with E-state index in [2.05, 4.69) is 5.32 Å². The molecule has 1 heterocycles. The molecule has 0 atom stereocenters. The van der Waals surface area contributed by atoms with E-state index in [-0.39, 0.29) is 5.78 Å². The summed E-state index contributed by atoms with van der Waals surface area (Å²) in [6.07, 6.45) is 3.47. The van der Waals surface area contributed by atoms with Gasteiger partial charge in [0.25, 0.3) is 0 Å². The topological polar surface area (TPSA) is 56.8 Å². The number of rotatable bonds is 8. The van der Waals surface area contributed by atoms with Crippen LogP contribution in [0.1, 0.15) is 24.0 Å². The summed E-state index contributed by atoms with van der Waals surface area (Å²) < 4.78 is 16.4. The lowest BCUT2D eigenvalue weighted by Gasteiger charge is -2.23. The number of hydrogen-bond acceptors (Lipinski definition) is 5. The number of nitrogens with one attached hydrogen (secondary N) is 1. The van der Waals surface area contributed by atoms with E-state index in [1.54, 1.807) is 38.5 Å². The molecule has 0 radical (unpaired) electrons. The number of ketones is 1. The van der Waals surface area contributed by atoms with Crippen molar-refractivity contribution in [2.45, 2.75) is 19.3 Å². The minimum absolute atomic E-state index is 0.0286. The van der Waals surface area contributed by atoms with Crippen LogP contribution in [0.25, 0.3) is 5.70 Å². The Bertz CT molecular complexity index is 927. The van der Waals surface area contributed by atoms with Gasteiger partial charge in [-0.15, -0.1) is 0 Å². The Balaban J connectivity index is 1.61. The molecule has 154 valence electrons. The first-order valence-electron chi connectivity index (χ1n) is 9.33. The van der Waals surface area contributed by atoms with E-state index < -0.39 is 0 Å². The van der Waals surface area contributed by atoms with Crippen LogP contribution in [0.3, 0.4) is 0 Å². The van der Waals surface area contributed by atoms with Crippen molar-refractivity contribution in [3.63, 3.8) is 0 Å². The van der Waals surface area contributed by atoms with Crippen molar-refractivity contribution >= 4 is 34.7 Å². The molecule has 29 heavy (non-hydrogen) atoms. The summed E-state index contributed by atoms with van der Waals surface area (Å²) in [5.74, 6) is 1.92. The Morgan fingerprint density at radius 2 is 1.86 bits per heavy atom. The van der Waals surface area contributed by atoms with Crippen LogP contribution < -0.4 is 19.5 Å². The van der Waals surface area contributed by atoms with Gasteiger partial charge in [0.15, 0.2) is 17.3 Å². The number of halogens is 2. The highest BCUT2D eigenvalue weighted by Crippen LogP contribution is 2.35. The number of allylic oxidation sites excluding steroid dienone is 1. The monoisotopic (exact) mass is 435 g/mol. The quantitative estimate of drug-likeness (QED) is 0.470. The Morgan fingerprint density at radius 3 is 2.59 bits per heavy atom. The second-order valence-electron chi connectivity index (χ2n) is 6.59. The summed E-state index contributed by atoms with van der Waals surface area (Å²) >= 11 is 12.0. The zero-order valence-electron chi connectivity index (χ0n) is 16.4. The fourth-order valence-electron chi connectivity index (χ4n) is 3.19. The normalized spacial score (nSPS) is 14.1. The highest BCUT2D eigenvalue weighted by molar-refractivity contribution is 6.35. The fraction of sp³-hybridized carbons (Fsp3) is 0.318. The molecule has 1 aliphatic rings. The maximum atomic E-state index is 12.5. The Kier molecular flexibility index (Phi) is 7.29. The number of ether oxygens (including phenoxy) is 3. The summed E-state index contributed by atoms with van der Waals surface area (Å²) in [4.78, 5) is 12.5. The van der Waals surface area contributed by atoms with Crippen LogP contribution >= 0.6 is 23.2 Å². The molecule has 0 aliphatic carbocycles. The van der Waals surface area contributed by atoms with Gasteiger partial charge in [0, 0.05) is 35.3 Å². The van der Waals surface area contributed by atoms with E-state index in [0.717, 1.165) is 29.8 Å². The highest BCUT2D eigenvalue weighted by atomic mass is 35.5. The van der Waals surface area contributed by atoms with Crippen LogP contribution in [0.15, 0.2) is 36.4 Å². The van der Waals surface area contributed by atoms with Gasteiger partial charge >= 0.3 is 0 Å². The summed E-state index contributed by atoms with van der Waals surface area (Å²) in [5, 5.41) is 4.32. The van der Waals surface area contributed by atoms with E-state index in [1.165, 1.54) is 0 Å². The van der Waals surface area contributed by atoms with Crippen LogP contribution in [0.4, 0.5) is 0 Å². The zero-order valence-corrected chi connectivity index (χ0v) is 17.9. The first-order valence-corrected chi connectivity index (χ1v) is 10.1. The lowest BCUT2D eigenvalue weighted by molar-refractivity contribution is -0.114. The summed E-state index contributed by atoms with van der Waals surface area (Å²) in [5.41, 5.74) is 2.89. The zero-order chi connectivity index (χ0) is 20.8. The number of carbonyl (C=O) groups is 1. The van der Waals surface area contributed by atoms with E-state index in [4.69, 9.17) is 37.4 Å². The van der Waals surface area contributed by atoms with Crippen LogP contribution in [0.5, 0.6) is 17.2 Å². The predicted molar refractivity (Wildman–Crippen MR) is 115 cm³/mol. The molecule has 2 aromatic rings. The standard InChI is InChI=1S/C22H23Cl2NO4/c1-27-21-10-14-7-8-25-19(17(14)13-22(21)28-2)12-16(26)4-3-9-29-20-6-5-15(23)11-18(20)24/h5-6,10-13,25H,3-4,7-9H2,1-2H3/b19-12-. The van der Waals surface area contributed by atoms with Gasteiger partial charge in [0.2, 0.25) is 0 Å². The third-order valence-electron chi connectivity index (χ3n) is 4.63. The average Bonchev–Trinajstić information content (AvgIpc) is 2.71. The molecule has 1 aliphatic heterocycles. The minimum atomic E-state index is 0.0286. The molecular weight excluding hydrogens is 413 g/mol. The van der Waals surface area contributed by atoms with Crippen molar-refractivity contribution in [2.75, 3.05) is 27.4 Å². The van der Waals surface area contributed by atoms with E-state index in [9.17, 15) is 4.79 Å². The second-order valence-corrected chi connectivity index (χ2v) is 7.44. The van der Waals surface area contributed by atoms with Gasteiger partial charge in [-0.1, -0.05) is 23.2 Å². The van der Waals surface area contributed by atoms with Gasteiger partial charge in [-0.2, -0.15) is 0 Å². The molecule has 0 aromatic heterocycles. The number of carbonyl (C=O) groups excluding carboxylic acids is 1. The summed E-state index contributed by atoms with van der Waals surface area (Å²) in [6, 6.07) is 8.94. The minimum Gasteiger partial charge on any atom is -0.493 e. The van der Waals surface area contributed by atoms with Crippen molar-refractivity contribution in [3.05, 3.63) is 57.6 Å². The van der Waals surface area contributed by atoms with Crippen molar-refractivity contribution in [3.8, 4) is 17.2 Å². The Morgan fingerprint density at radius 1 is 1.10 bits per heavy atom. The van der Waals surface area contributed by atoms with Gasteiger partial charge in [-0.25, -0.2) is 0 Å². The number of methoxy groups -OCH3 is 2. The lowest BCUT2D eigenvalue weighted by Crippen LogP contribution is -2.23. The van der Waals surface area contributed by atoms with Crippen molar-refractivity contribution in [1.82, 2.24) is 5.32 Å². The lowest BCUT2D eigenvalue weighted by atomic mass is 9.96. The van der Waals surface area contributed by atoms with Crippen molar-refractivity contribution < 1.29 is 19.0 Å². The van der Waals surface area contributed by atoms with E-state index >= 15 is 0 Å². The van der Waals surface area contributed by atoms with Crippen LogP contribution in [-0.2, 0) is 11.2 Å². The summed E-state index contributed by atoms with van der Waals surface area (Å²) in [6.45, 7) is 1.16. The smallest absolute Gasteiger partial charge is 0.161 e. The van der Waals surface area contributed by atoms with Crippen LogP contribution in [0, 0.1) is 0 Å². The maximum absolute atomic E-state index is 12.5. The summed E-state index contributed by atoms with van der Waals surface area (Å²) in [7, 11) is 3.22. The highest BCUT2D eigenvalue weighted by Gasteiger charge is 2.18. The first-order chi connectivity index (χ1) is 14.0. The fourth-order valence-corrected chi connectivity index (χ4v) is 3.65. The molecule has 2 aromatic carbocycles. The Labute approximate surface area is 180 Å². The first kappa shape index (κ1) is 21.3. The predicted octanol–water partition coefficient (Wildman–Crippen LogP) is 4.93. The van der Waals surface area contributed by atoms with Gasteiger partial charge in [-0.3, -0.25) is 4.79 Å². The molecule has 7 heteroatoms. The molecular formula is C22H23Cl2NO4. The molecule has 0 spiro atoms. The van der Waals surface area contributed by atoms with Gasteiger partial charge in [-0.05, 0) is 48.7 Å². The van der Waals surface area contributed by atoms with Crippen LogP contribution in [0.2, 0.25) is 10.0 Å². The SMILES string of the molecule is COc1cc2c(cc1OC)/C(=C/C(=O)CCCOc1ccc(Cl)cc1Cl)NCC2. The molecule has 0 bridgehead atoms.